The second-order valence-corrected chi connectivity index (χ2v) is 8.00. The molecule has 0 N–H and O–H groups in total. The van der Waals surface area contributed by atoms with Gasteiger partial charge in [-0.25, -0.2) is 4.63 Å². The first kappa shape index (κ1) is 22.1. The maximum atomic E-state index is 13.2. The molecular formula is C21H25F2N5O4. The zero-order valence-electron chi connectivity index (χ0n) is 17.7. The van der Waals surface area contributed by atoms with Gasteiger partial charge in [-0.3, -0.25) is 14.5 Å². The Bertz CT molecular complexity index is 944. The molecular weight excluding hydrogens is 424 g/mol. The van der Waals surface area contributed by atoms with Gasteiger partial charge in [-0.1, -0.05) is 22.4 Å². The van der Waals surface area contributed by atoms with Crippen LogP contribution in [0.25, 0.3) is 0 Å². The van der Waals surface area contributed by atoms with Gasteiger partial charge in [0.15, 0.2) is 0 Å². The first-order chi connectivity index (χ1) is 15.4. The Morgan fingerprint density at radius 3 is 2.50 bits per heavy atom. The molecule has 2 aromatic rings. The average molecular weight is 449 g/mol. The molecule has 32 heavy (non-hydrogen) atoms. The van der Waals surface area contributed by atoms with Crippen molar-refractivity contribution >= 4 is 11.8 Å². The first-order valence-corrected chi connectivity index (χ1v) is 10.5. The molecule has 1 unspecified atom stereocenters. The Hall–Kier alpha value is -3.08. The number of aryl methyl sites for hydroxylation is 1. The molecule has 0 bridgehead atoms. The van der Waals surface area contributed by atoms with Gasteiger partial charge in [0.1, 0.15) is 23.2 Å². The van der Waals surface area contributed by atoms with Gasteiger partial charge in [0, 0.05) is 45.7 Å². The van der Waals surface area contributed by atoms with Gasteiger partial charge < -0.3 is 14.5 Å². The van der Waals surface area contributed by atoms with Crippen LogP contribution in [0.4, 0.5) is 8.78 Å². The van der Waals surface area contributed by atoms with E-state index in [1.165, 1.54) is 12.1 Å². The molecule has 0 saturated carbocycles. The van der Waals surface area contributed by atoms with Crippen molar-refractivity contribution in [1.82, 2.24) is 25.0 Å². The van der Waals surface area contributed by atoms with Crippen LogP contribution in [-0.4, -0.2) is 75.7 Å². The van der Waals surface area contributed by atoms with Crippen molar-refractivity contribution in [2.24, 2.45) is 0 Å². The molecule has 2 fully saturated rings. The Balaban J connectivity index is 1.33. The number of hydrogen-bond acceptors (Lipinski definition) is 7. The quantitative estimate of drug-likeness (QED) is 0.637. The van der Waals surface area contributed by atoms with E-state index in [2.05, 4.69) is 20.0 Å². The number of halogens is 2. The summed E-state index contributed by atoms with van der Waals surface area (Å²) in [4.78, 5) is 31.2. The molecule has 2 aliphatic heterocycles. The number of ether oxygens (including phenoxy) is 1. The minimum atomic E-state index is -2.89. The fourth-order valence-corrected chi connectivity index (χ4v) is 4.10. The summed E-state index contributed by atoms with van der Waals surface area (Å²) >= 11 is 0. The van der Waals surface area contributed by atoms with E-state index in [-0.39, 0.29) is 24.1 Å². The number of alkyl halides is 2. The highest BCUT2D eigenvalue weighted by Crippen LogP contribution is 2.25. The van der Waals surface area contributed by atoms with E-state index >= 15 is 0 Å². The molecule has 3 heterocycles. The van der Waals surface area contributed by atoms with E-state index in [4.69, 9.17) is 4.63 Å². The Morgan fingerprint density at radius 1 is 1.16 bits per heavy atom. The fraction of sp³-hybridized carbons (Fsp3) is 0.524. The summed E-state index contributed by atoms with van der Waals surface area (Å²) in [5.74, 6) is -0.0741. The lowest BCUT2D eigenvalue weighted by Crippen LogP contribution is -2.53. The summed E-state index contributed by atoms with van der Waals surface area (Å²) in [5.41, 5.74) is 2.31. The van der Waals surface area contributed by atoms with Crippen molar-refractivity contribution in [3.8, 4) is 5.75 Å². The molecule has 1 aromatic carbocycles. The van der Waals surface area contributed by atoms with Gasteiger partial charge in [-0.05, 0) is 31.0 Å². The number of aromatic nitrogens is 2. The number of benzene rings is 1. The molecule has 2 saturated heterocycles. The predicted molar refractivity (Wildman–Crippen MR) is 108 cm³/mol. The van der Waals surface area contributed by atoms with Crippen molar-refractivity contribution in [2.45, 2.75) is 45.5 Å². The SMILES string of the molecule is Cc1nonc1CN1CCN(C(=O)C2CCC(=O)N2Cc2ccc(OC(F)F)cc2)CC1. The van der Waals surface area contributed by atoms with Crippen molar-refractivity contribution in [1.29, 1.82) is 0 Å². The van der Waals surface area contributed by atoms with Crippen molar-refractivity contribution in [2.75, 3.05) is 26.2 Å². The molecule has 0 aliphatic carbocycles. The zero-order valence-corrected chi connectivity index (χ0v) is 17.7. The number of carbonyl (C=O) groups is 2. The highest BCUT2D eigenvalue weighted by molar-refractivity contribution is 5.91. The minimum Gasteiger partial charge on any atom is -0.435 e. The lowest BCUT2D eigenvalue weighted by Gasteiger charge is -2.37. The first-order valence-electron chi connectivity index (χ1n) is 10.5. The van der Waals surface area contributed by atoms with Gasteiger partial charge in [0.25, 0.3) is 0 Å². The van der Waals surface area contributed by atoms with Crippen LogP contribution in [0.5, 0.6) is 5.75 Å². The number of nitrogens with zero attached hydrogens (tertiary/aromatic N) is 5. The molecule has 9 nitrogen and oxygen atoms in total. The summed E-state index contributed by atoms with van der Waals surface area (Å²) in [7, 11) is 0. The van der Waals surface area contributed by atoms with Crippen LogP contribution in [0.15, 0.2) is 28.9 Å². The molecule has 1 atom stereocenters. The fourth-order valence-electron chi connectivity index (χ4n) is 4.10. The number of amides is 2. The van der Waals surface area contributed by atoms with Crippen LogP contribution in [-0.2, 0) is 22.7 Å². The third-order valence-corrected chi connectivity index (χ3v) is 5.92. The lowest BCUT2D eigenvalue weighted by molar-refractivity contribution is -0.143. The van der Waals surface area contributed by atoms with E-state index in [9.17, 15) is 18.4 Å². The van der Waals surface area contributed by atoms with E-state index in [0.717, 1.165) is 17.0 Å². The van der Waals surface area contributed by atoms with E-state index in [1.54, 1.807) is 21.9 Å². The van der Waals surface area contributed by atoms with Crippen LogP contribution in [0, 0.1) is 6.92 Å². The Kier molecular flexibility index (Phi) is 6.63. The molecule has 0 spiro atoms. The second-order valence-electron chi connectivity index (χ2n) is 8.00. The topological polar surface area (TPSA) is 92.0 Å². The minimum absolute atomic E-state index is 0.0487. The monoisotopic (exact) mass is 449 g/mol. The third-order valence-electron chi connectivity index (χ3n) is 5.92. The normalized spacial score (nSPS) is 19.8. The number of carbonyl (C=O) groups excluding carboxylic acids is 2. The summed E-state index contributed by atoms with van der Waals surface area (Å²) < 4.78 is 33.7. The number of piperazine rings is 1. The summed E-state index contributed by atoms with van der Waals surface area (Å²) in [5, 5.41) is 7.70. The highest BCUT2D eigenvalue weighted by atomic mass is 19.3. The summed E-state index contributed by atoms with van der Waals surface area (Å²) in [6, 6.07) is 5.62. The lowest BCUT2D eigenvalue weighted by atomic mass is 10.1. The largest absolute Gasteiger partial charge is 0.435 e. The molecule has 11 heteroatoms. The van der Waals surface area contributed by atoms with Gasteiger partial charge >= 0.3 is 6.61 Å². The van der Waals surface area contributed by atoms with Crippen LogP contribution < -0.4 is 4.74 Å². The Morgan fingerprint density at radius 2 is 1.88 bits per heavy atom. The third kappa shape index (κ3) is 5.04. The van der Waals surface area contributed by atoms with Gasteiger partial charge in [-0.15, -0.1) is 0 Å². The van der Waals surface area contributed by atoms with Crippen LogP contribution in [0.3, 0.4) is 0 Å². The number of hydrogen-bond donors (Lipinski definition) is 0. The number of likely N-dealkylation sites (tertiary alicyclic amines) is 1. The number of rotatable bonds is 7. The Labute approximate surface area is 183 Å². The molecule has 172 valence electrons. The maximum absolute atomic E-state index is 13.2. The van der Waals surface area contributed by atoms with E-state index < -0.39 is 12.7 Å². The average Bonchev–Trinajstić information content (AvgIpc) is 3.34. The van der Waals surface area contributed by atoms with Crippen molar-refractivity contribution in [3.05, 3.63) is 41.2 Å². The van der Waals surface area contributed by atoms with E-state index in [1.807, 2.05) is 6.92 Å². The maximum Gasteiger partial charge on any atom is 0.387 e. The van der Waals surface area contributed by atoms with E-state index in [0.29, 0.717) is 45.6 Å². The zero-order chi connectivity index (χ0) is 22.7. The summed E-state index contributed by atoms with van der Waals surface area (Å²) in [6.45, 7) is 2.37. The van der Waals surface area contributed by atoms with Crippen LogP contribution >= 0.6 is 0 Å². The van der Waals surface area contributed by atoms with Crippen LogP contribution in [0.1, 0.15) is 29.8 Å². The highest BCUT2D eigenvalue weighted by Gasteiger charge is 2.38. The van der Waals surface area contributed by atoms with Gasteiger partial charge in [-0.2, -0.15) is 8.78 Å². The standard InChI is InChI=1S/C21H25F2N5O4/c1-14-17(25-32-24-14)13-26-8-10-27(11-9-26)20(30)18-6-7-19(29)28(18)12-15-2-4-16(5-3-15)31-21(22)23/h2-5,18,21H,6-13H2,1H3. The molecule has 2 amide bonds. The van der Waals surface area contributed by atoms with Gasteiger partial charge in [0.05, 0.1) is 0 Å². The van der Waals surface area contributed by atoms with Crippen molar-refractivity contribution in [3.63, 3.8) is 0 Å². The molecule has 0 radical (unpaired) electrons. The van der Waals surface area contributed by atoms with Gasteiger partial charge in [0.2, 0.25) is 11.8 Å². The van der Waals surface area contributed by atoms with Crippen molar-refractivity contribution < 1.29 is 27.7 Å². The second kappa shape index (κ2) is 9.60. The smallest absolute Gasteiger partial charge is 0.387 e. The van der Waals surface area contributed by atoms with Crippen LogP contribution in [0.2, 0.25) is 0 Å². The molecule has 4 rings (SSSR count). The predicted octanol–water partition coefficient (Wildman–Crippen LogP) is 1.81. The molecule has 2 aliphatic rings. The summed E-state index contributed by atoms with van der Waals surface area (Å²) in [6.07, 6.45) is 0.801. The molecule has 1 aromatic heterocycles.